The zero-order valence-corrected chi connectivity index (χ0v) is 10.7. The molecular weight excluding hydrogens is 240 g/mol. The molecule has 0 unspecified atom stereocenters. The van der Waals surface area contributed by atoms with Gasteiger partial charge in [-0.3, -0.25) is 0 Å². The fraction of sp³-hybridized carbons (Fsp3) is 0.417. The van der Waals surface area contributed by atoms with Gasteiger partial charge in [0, 0.05) is 11.3 Å². The summed E-state index contributed by atoms with van der Waals surface area (Å²) in [5.74, 6) is 0. The van der Waals surface area contributed by atoms with Crippen molar-refractivity contribution in [1.29, 1.82) is 5.26 Å². The first-order valence-corrected chi connectivity index (χ1v) is 6.79. The third kappa shape index (κ3) is 2.28. The van der Waals surface area contributed by atoms with Crippen LogP contribution in [0, 0.1) is 11.3 Å². The van der Waals surface area contributed by atoms with Crippen molar-refractivity contribution < 1.29 is 0 Å². The molecule has 84 valence electrons. The van der Waals surface area contributed by atoms with Crippen LogP contribution in [0.5, 0.6) is 0 Å². The number of rotatable bonds is 4. The number of nitrogens with one attached hydrogen (secondary N) is 1. The maximum Gasteiger partial charge on any atom is 0.101 e. The lowest BCUT2D eigenvalue weighted by molar-refractivity contribution is 0.949. The van der Waals surface area contributed by atoms with E-state index < -0.39 is 0 Å². The van der Waals surface area contributed by atoms with E-state index in [-0.39, 0.29) is 0 Å². The molecule has 1 aromatic rings. The Hall–Kier alpha value is -0.850. The number of para-hydroxylation sites is 1. The Morgan fingerprint density at radius 3 is 2.88 bits per heavy atom. The summed E-state index contributed by atoms with van der Waals surface area (Å²) in [6, 6.07) is 7.55. The first kappa shape index (κ1) is 11.6. The number of hydrogen-bond donors (Lipinski definition) is 1. The van der Waals surface area contributed by atoms with E-state index in [9.17, 15) is 0 Å². The molecule has 0 aromatic heterocycles. The molecule has 0 radical (unpaired) electrons. The molecule has 1 aliphatic carbocycles. The smallest absolute Gasteiger partial charge is 0.101 e. The van der Waals surface area contributed by atoms with Gasteiger partial charge in [-0.1, -0.05) is 17.7 Å². The van der Waals surface area contributed by atoms with E-state index in [4.69, 9.17) is 16.9 Å². The lowest BCUT2D eigenvalue weighted by Gasteiger charge is -2.15. The zero-order valence-electron chi connectivity index (χ0n) is 9.09. The quantitative estimate of drug-likeness (QED) is 0.891. The number of nitrogens with zero attached hydrogens (tertiary/aromatic N) is 1. The van der Waals surface area contributed by atoms with Gasteiger partial charge in [-0.15, -0.1) is 0 Å². The van der Waals surface area contributed by atoms with Crippen molar-refractivity contribution in [3.8, 4) is 6.07 Å². The van der Waals surface area contributed by atoms with Crippen molar-refractivity contribution in [2.75, 3.05) is 18.1 Å². The number of hydrogen-bond acceptors (Lipinski definition) is 3. The minimum Gasteiger partial charge on any atom is -0.381 e. The molecule has 4 heteroatoms. The highest BCUT2D eigenvalue weighted by Crippen LogP contribution is 2.47. The second-order valence-corrected chi connectivity index (χ2v) is 5.70. The summed E-state index contributed by atoms with van der Waals surface area (Å²) < 4.78 is 0.367. The lowest BCUT2D eigenvalue weighted by atomic mass is 10.2. The summed E-state index contributed by atoms with van der Waals surface area (Å²) in [7, 11) is 0. The first-order chi connectivity index (χ1) is 7.71. The van der Waals surface area contributed by atoms with E-state index in [0.29, 0.717) is 15.3 Å². The largest absolute Gasteiger partial charge is 0.381 e. The molecule has 0 aliphatic heterocycles. The van der Waals surface area contributed by atoms with Crippen LogP contribution in [-0.4, -0.2) is 17.5 Å². The standard InChI is InChI=1S/C12H13ClN2S/c1-16-12(5-6-12)8-15-11-9(7-14)3-2-4-10(11)13/h2-4,15H,5-6,8H2,1H3. The molecule has 0 spiro atoms. The van der Waals surface area contributed by atoms with Crippen molar-refractivity contribution in [3.63, 3.8) is 0 Å². The van der Waals surface area contributed by atoms with E-state index in [0.717, 1.165) is 12.2 Å². The number of nitriles is 1. The van der Waals surface area contributed by atoms with Crippen LogP contribution in [0.3, 0.4) is 0 Å². The van der Waals surface area contributed by atoms with Gasteiger partial charge in [0.25, 0.3) is 0 Å². The lowest BCUT2D eigenvalue weighted by Crippen LogP contribution is -2.18. The van der Waals surface area contributed by atoms with Gasteiger partial charge in [0.15, 0.2) is 0 Å². The molecule has 0 bridgehead atoms. The highest BCUT2D eigenvalue weighted by molar-refractivity contribution is 8.00. The van der Waals surface area contributed by atoms with Crippen molar-refractivity contribution in [2.45, 2.75) is 17.6 Å². The van der Waals surface area contributed by atoms with Crippen LogP contribution >= 0.6 is 23.4 Å². The van der Waals surface area contributed by atoms with Gasteiger partial charge in [-0.2, -0.15) is 17.0 Å². The highest BCUT2D eigenvalue weighted by atomic mass is 35.5. The van der Waals surface area contributed by atoms with E-state index in [1.807, 2.05) is 17.8 Å². The summed E-state index contributed by atoms with van der Waals surface area (Å²) in [4.78, 5) is 0. The monoisotopic (exact) mass is 252 g/mol. The Kier molecular flexibility index (Phi) is 3.32. The molecular formula is C12H13ClN2S. The molecule has 1 fully saturated rings. The number of halogens is 1. The Morgan fingerprint density at radius 2 is 2.31 bits per heavy atom. The normalized spacial score (nSPS) is 16.6. The van der Waals surface area contributed by atoms with Gasteiger partial charge in [-0.25, -0.2) is 0 Å². The predicted octanol–water partition coefficient (Wildman–Crippen LogP) is 3.52. The van der Waals surface area contributed by atoms with Crippen LogP contribution in [0.2, 0.25) is 5.02 Å². The maximum absolute atomic E-state index is 8.99. The molecule has 1 N–H and O–H groups in total. The molecule has 1 saturated carbocycles. The summed E-state index contributed by atoms with van der Waals surface area (Å²) in [5, 5.41) is 12.9. The van der Waals surface area contributed by atoms with Crippen LogP contribution in [0.1, 0.15) is 18.4 Å². The van der Waals surface area contributed by atoms with E-state index in [1.54, 1.807) is 12.1 Å². The van der Waals surface area contributed by atoms with Crippen LogP contribution in [0.15, 0.2) is 18.2 Å². The molecule has 1 aromatic carbocycles. The van der Waals surface area contributed by atoms with Crippen LogP contribution in [0.4, 0.5) is 5.69 Å². The van der Waals surface area contributed by atoms with Gasteiger partial charge >= 0.3 is 0 Å². The van der Waals surface area contributed by atoms with Gasteiger partial charge in [0.2, 0.25) is 0 Å². The summed E-state index contributed by atoms with van der Waals surface area (Å²) in [6.45, 7) is 0.882. The average Bonchev–Trinajstić information content (AvgIpc) is 3.08. The van der Waals surface area contributed by atoms with Gasteiger partial charge in [-0.05, 0) is 31.2 Å². The molecule has 2 rings (SSSR count). The second kappa shape index (κ2) is 4.57. The third-order valence-corrected chi connectivity index (χ3v) is 4.70. The minimum absolute atomic E-state index is 0.367. The third-order valence-electron chi connectivity index (χ3n) is 2.96. The van der Waals surface area contributed by atoms with Crippen molar-refractivity contribution in [3.05, 3.63) is 28.8 Å². The number of benzene rings is 1. The Bertz CT molecular complexity index is 435. The van der Waals surface area contributed by atoms with Crippen molar-refractivity contribution in [1.82, 2.24) is 0 Å². The molecule has 1 aliphatic rings. The molecule has 0 atom stereocenters. The maximum atomic E-state index is 8.99. The van der Waals surface area contributed by atoms with Crippen molar-refractivity contribution in [2.24, 2.45) is 0 Å². The average molecular weight is 253 g/mol. The van der Waals surface area contributed by atoms with Crippen molar-refractivity contribution >= 4 is 29.1 Å². The fourth-order valence-electron chi connectivity index (χ4n) is 1.64. The van der Waals surface area contributed by atoms with Gasteiger partial charge < -0.3 is 5.32 Å². The predicted molar refractivity (Wildman–Crippen MR) is 70.1 cm³/mol. The van der Waals surface area contributed by atoms with Gasteiger partial charge in [0.05, 0.1) is 16.3 Å². The van der Waals surface area contributed by atoms with E-state index >= 15 is 0 Å². The molecule has 0 saturated heterocycles. The van der Waals surface area contributed by atoms with Gasteiger partial charge in [0.1, 0.15) is 6.07 Å². The molecule has 16 heavy (non-hydrogen) atoms. The number of thioether (sulfide) groups is 1. The Balaban J connectivity index is 2.12. The van der Waals surface area contributed by atoms with Crippen LogP contribution < -0.4 is 5.32 Å². The Morgan fingerprint density at radius 1 is 1.56 bits per heavy atom. The SMILES string of the molecule is CSC1(CNc2c(Cl)cccc2C#N)CC1. The first-order valence-electron chi connectivity index (χ1n) is 5.18. The minimum atomic E-state index is 0.367. The zero-order chi connectivity index (χ0) is 11.6. The van der Waals surface area contributed by atoms with E-state index in [1.165, 1.54) is 12.8 Å². The fourth-order valence-corrected chi connectivity index (χ4v) is 2.61. The number of anilines is 1. The second-order valence-electron chi connectivity index (χ2n) is 4.01. The summed E-state index contributed by atoms with van der Waals surface area (Å²) in [6.07, 6.45) is 4.62. The van der Waals surface area contributed by atoms with Crippen LogP contribution in [-0.2, 0) is 0 Å². The molecule has 0 amide bonds. The molecule has 2 nitrogen and oxygen atoms in total. The van der Waals surface area contributed by atoms with Crippen LogP contribution in [0.25, 0.3) is 0 Å². The van der Waals surface area contributed by atoms with E-state index in [2.05, 4.69) is 17.6 Å². The highest BCUT2D eigenvalue weighted by Gasteiger charge is 2.41. The molecule has 0 heterocycles. The topological polar surface area (TPSA) is 35.8 Å². The summed E-state index contributed by atoms with van der Waals surface area (Å²) >= 11 is 7.97. The Labute approximate surface area is 105 Å². The summed E-state index contributed by atoms with van der Waals surface area (Å²) in [5.41, 5.74) is 1.39.